The van der Waals surface area contributed by atoms with Gasteiger partial charge in [-0.1, -0.05) is 44.2 Å². The topological polar surface area (TPSA) is 68.9 Å². The Balaban J connectivity index is 1.92. The number of nitrogens with one attached hydrogen (secondary N) is 1. The van der Waals surface area contributed by atoms with Crippen LogP contribution in [0.3, 0.4) is 0 Å². The van der Waals surface area contributed by atoms with Crippen molar-refractivity contribution in [2.24, 2.45) is 16.0 Å². The Morgan fingerprint density at radius 1 is 1.32 bits per heavy atom. The normalized spacial score (nSPS) is 19.6. The molecule has 0 aliphatic carbocycles. The number of benzene rings is 1. The molecule has 112 valence electrons. The summed E-state index contributed by atoms with van der Waals surface area (Å²) in [5.74, 6) is 0.177. The lowest BCUT2D eigenvalue weighted by molar-refractivity contribution is -0.114. The van der Waals surface area contributed by atoms with Crippen LogP contribution in [0.5, 0.6) is 0 Å². The smallest absolute Gasteiger partial charge is 0.282 e. The predicted molar refractivity (Wildman–Crippen MR) is 90.9 cm³/mol. The fourth-order valence-corrected chi connectivity index (χ4v) is 3.28. The molecule has 1 N–H and O–H groups in total. The van der Waals surface area contributed by atoms with E-state index in [4.69, 9.17) is 5.41 Å². The SMILES string of the molecule is CC(C)CC1=NN2C(=N)/C(=C/c3ccccc3)C(=O)N=C2S1. The fraction of sp³-hybridized carbons (Fsp3) is 0.250. The van der Waals surface area contributed by atoms with Crippen LogP contribution in [0.1, 0.15) is 25.8 Å². The average Bonchev–Trinajstić information content (AvgIpc) is 2.86. The van der Waals surface area contributed by atoms with Crippen molar-refractivity contribution in [1.82, 2.24) is 5.01 Å². The van der Waals surface area contributed by atoms with Crippen LogP contribution in [0, 0.1) is 11.3 Å². The van der Waals surface area contributed by atoms with E-state index in [0.29, 0.717) is 11.1 Å². The zero-order valence-electron chi connectivity index (χ0n) is 12.4. The first-order valence-corrected chi connectivity index (χ1v) is 7.90. The van der Waals surface area contributed by atoms with Crippen LogP contribution in [0.2, 0.25) is 0 Å². The zero-order chi connectivity index (χ0) is 15.7. The van der Waals surface area contributed by atoms with Crippen molar-refractivity contribution in [3.8, 4) is 0 Å². The Morgan fingerprint density at radius 2 is 2.05 bits per heavy atom. The number of fused-ring (bicyclic) bond motifs is 1. The van der Waals surface area contributed by atoms with E-state index in [1.807, 2.05) is 30.3 Å². The first kappa shape index (κ1) is 14.7. The molecule has 2 heterocycles. The van der Waals surface area contributed by atoms with Crippen molar-refractivity contribution >= 4 is 39.8 Å². The van der Waals surface area contributed by atoms with Gasteiger partial charge in [-0.3, -0.25) is 10.2 Å². The molecule has 5 nitrogen and oxygen atoms in total. The predicted octanol–water partition coefficient (Wildman–Crippen LogP) is 3.35. The minimum atomic E-state index is -0.381. The maximum atomic E-state index is 12.2. The Morgan fingerprint density at radius 3 is 2.73 bits per heavy atom. The lowest BCUT2D eigenvalue weighted by Crippen LogP contribution is -2.35. The summed E-state index contributed by atoms with van der Waals surface area (Å²) in [5.41, 5.74) is 1.14. The molecule has 2 aliphatic rings. The monoisotopic (exact) mass is 312 g/mol. The quantitative estimate of drug-likeness (QED) is 0.870. The highest BCUT2D eigenvalue weighted by molar-refractivity contribution is 8.26. The van der Waals surface area contributed by atoms with Gasteiger partial charge in [-0.25, -0.2) is 0 Å². The number of aliphatic imine (C=N–C) groups is 1. The summed E-state index contributed by atoms with van der Waals surface area (Å²) in [4.78, 5) is 16.3. The van der Waals surface area contributed by atoms with E-state index >= 15 is 0 Å². The van der Waals surface area contributed by atoms with Crippen LogP contribution in [0.15, 0.2) is 46.0 Å². The molecule has 0 unspecified atom stereocenters. The minimum absolute atomic E-state index is 0.0881. The van der Waals surface area contributed by atoms with Gasteiger partial charge in [0.15, 0.2) is 5.84 Å². The molecule has 0 radical (unpaired) electrons. The third kappa shape index (κ3) is 2.87. The summed E-state index contributed by atoms with van der Waals surface area (Å²) in [5, 5.41) is 15.5. The van der Waals surface area contributed by atoms with Gasteiger partial charge in [0.05, 0.1) is 5.57 Å². The van der Waals surface area contributed by atoms with E-state index in [-0.39, 0.29) is 17.3 Å². The van der Waals surface area contributed by atoms with Crippen molar-refractivity contribution in [2.45, 2.75) is 20.3 Å². The number of carbonyl (C=O) groups excluding carboxylic acids is 1. The standard InChI is InChI=1S/C16H16N4OS/c1-10(2)8-13-19-20-14(17)12(15(21)18-16(20)22-13)9-11-6-4-3-5-7-11/h3-7,9-10,17H,8H2,1-2H3/b12-9-,17-14?. The van der Waals surface area contributed by atoms with Crippen molar-refractivity contribution in [3.05, 3.63) is 41.5 Å². The molecule has 0 spiro atoms. The van der Waals surface area contributed by atoms with Gasteiger partial charge in [-0.2, -0.15) is 15.1 Å². The maximum Gasteiger partial charge on any atom is 0.283 e. The number of rotatable bonds is 3. The summed E-state index contributed by atoms with van der Waals surface area (Å²) < 4.78 is 0. The second-order valence-electron chi connectivity index (χ2n) is 5.52. The highest BCUT2D eigenvalue weighted by Crippen LogP contribution is 2.30. The molecular weight excluding hydrogens is 296 g/mol. The van der Waals surface area contributed by atoms with Crippen LogP contribution >= 0.6 is 11.8 Å². The van der Waals surface area contributed by atoms with Crippen LogP contribution < -0.4 is 0 Å². The highest BCUT2D eigenvalue weighted by atomic mass is 32.2. The molecule has 2 aliphatic heterocycles. The Kier molecular flexibility index (Phi) is 3.94. The molecule has 22 heavy (non-hydrogen) atoms. The number of carbonyl (C=O) groups is 1. The van der Waals surface area contributed by atoms with Gasteiger partial charge in [0.1, 0.15) is 5.04 Å². The zero-order valence-corrected chi connectivity index (χ0v) is 13.2. The molecule has 0 fully saturated rings. The van der Waals surface area contributed by atoms with Crippen molar-refractivity contribution < 1.29 is 4.79 Å². The molecule has 1 aromatic rings. The van der Waals surface area contributed by atoms with Gasteiger partial charge < -0.3 is 0 Å². The van der Waals surface area contributed by atoms with Gasteiger partial charge in [-0.05, 0) is 29.3 Å². The highest BCUT2D eigenvalue weighted by Gasteiger charge is 2.35. The third-order valence-corrected chi connectivity index (χ3v) is 4.12. The molecule has 0 saturated carbocycles. The molecule has 6 heteroatoms. The Hall–Kier alpha value is -2.21. The second kappa shape index (κ2) is 5.88. The van der Waals surface area contributed by atoms with Crippen molar-refractivity contribution in [1.29, 1.82) is 5.41 Å². The average molecular weight is 312 g/mol. The lowest BCUT2D eigenvalue weighted by Gasteiger charge is -2.20. The first-order chi connectivity index (χ1) is 10.5. The van der Waals surface area contributed by atoms with Gasteiger partial charge in [0, 0.05) is 6.42 Å². The Bertz CT molecular complexity index is 719. The summed E-state index contributed by atoms with van der Waals surface area (Å²) in [7, 11) is 0. The number of hydrogen-bond acceptors (Lipinski definition) is 4. The molecule has 0 aromatic heterocycles. The summed E-state index contributed by atoms with van der Waals surface area (Å²) in [6, 6.07) is 9.47. The van der Waals surface area contributed by atoms with E-state index in [1.54, 1.807) is 6.08 Å². The maximum absolute atomic E-state index is 12.2. The van der Waals surface area contributed by atoms with E-state index in [0.717, 1.165) is 17.0 Å². The van der Waals surface area contributed by atoms with Crippen LogP contribution in [0.4, 0.5) is 0 Å². The van der Waals surface area contributed by atoms with Crippen LogP contribution in [-0.2, 0) is 4.79 Å². The molecule has 0 atom stereocenters. The van der Waals surface area contributed by atoms with E-state index in [9.17, 15) is 4.79 Å². The van der Waals surface area contributed by atoms with Gasteiger partial charge in [-0.15, -0.1) is 0 Å². The number of nitrogens with zero attached hydrogens (tertiary/aromatic N) is 3. The molecule has 3 rings (SSSR count). The third-order valence-electron chi connectivity index (χ3n) is 3.19. The van der Waals surface area contributed by atoms with Crippen molar-refractivity contribution in [3.63, 3.8) is 0 Å². The van der Waals surface area contributed by atoms with Gasteiger partial charge >= 0.3 is 0 Å². The van der Waals surface area contributed by atoms with Gasteiger partial charge in [0.2, 0.25) is 5.17 Å². The fourth-order valence-electron chi connectivity index (χ4n) is 2.18. The number of hydrazone groups is 1. The summed E-state index contributed by atoms with van der Waals surface area (Å²) >= 11 is 1.38. The molecule has 1 aromatic carbocycles. The number of amides is 1. The summed E-state index contributed by atoms with van der Waals surface area (Å²) in [6.45, 7) is 4.22. The number of hydrogen-bond donors (Lipinski definition) is 1. The van der Waals surface area contributed by atoms with Crippen LogP contribution in [-0.4, -0.2) is 27.0 Å². The van der Waals surface area contributed by atoms with E-state index in [1.165, 1.54) is 16.8 Å². The van der Waals surface area contributed by atoms with Crippen LogP contribution in [0.25, 0.3) is 6.08 Å². The molecule has 1 amide bonds. The van der Waals surface area contributed by atoms with E-state index < -0.39 is 0 Å². The molecule has 0 bridgehead atoms. The summed E-state index contributed by atoms with van der Waals surface area (Å²) in [6.07, 6.45) is 2.50. The van der Waals surface area contributed by atoms with E-state index in [2.05, 4.69) is 23.9 Å². The lowest BCUT2D eigenvalue weighted by atomic mass is 10.1. The molecule has 0 saturated heterocycles. The number of thioether (sulfide) groups is 1. The molecular formula is C16H16N4OS. The number of amidine groups is 2. The van der Waals surface area contributed by atoms with Crippen molar-refractivity contribution in [2.75, 3.05) is 0 Å². The Labute approximate surface area is 133 Å². The van der Waals surface area contributed by atoms with Gasteiger partial charge in [0.25, 0.3) is 5.91 Å². The largest absolute Gasteiger partial charge is 0.283 e. The second-order valence-corrected chi connectivity index (χ2v) is 6.56. The minimum Gasteiger partial charge on any atom is -0.282 e. The first-order valence-electron chi connectivity index (χ1n) is 7.08.